The molecule has 1 N–H and O–H groups in total. The smallest absolute Gasteiger partial charge is 0.355 e. The van der Waals surface area contributed by atoms with Crippen LogP contribution in [0, 0.1) is 6.92 Å². The van der Waals surface area contributed by atoms with Crippen molar-refractivity contribution >= 4 is 16.9 Å². The number of hydrogen-bond donors (Lipinski definition) is 1. The predicted molar refractivity (Wildman–Crippen MR) is 70.6 cm³/mol. The van der Waals surface area contributed by atoms with E-state index in [4.69, 9.17) is 0 Å². The predicted octanol–water partition coefficient (Wildman–Crippen LogP) is 2.43. The Morgan fingerprint density at radius 2 is 2.11 bits per heavy atom. The molecule has 0 bridgehead atoms. The normalized spacial score (nSPS) is 10.8. The third kappa shape index (κ3) is 1.76. The van der Waals surface area contributed by atoms with Gasteiger partial charge >= 0.3 is 5.97 Å². The molecule has 94 valence electrons. The second-order valence-electron chi connectivity index (χ2n) is 4.27. The van der Waals surface area contributed by atoms with Crippen molar-refractivity contribution in [3.05, 3.63) is 54.2 Å². The fourth-order valence-electron chi connectivity index (χ4n) is 2.18. The SMILES string of the molecule is Cc1ccccc1-n1cc2cncnc2c1C(=O)O. The molecule has 0 aliphatic rings. The first-order valence-electron chi connectivity index (χ1n) is 5.79. The number of fused-ring (bicyclic) bond motifs is 1. The molecule has 5 nitrogen and oxygen atoms in total. The number of hydrogen-bond acceptors (Lipinski definition) is 3. The van der Waals surface area contributed by atoms with Crippen LogP contribution in [0.1, 0.15) is 16.1 Å². The van der Waals surface area contributed by atoms with Gasteiger partial charge < -0.3 is 9.67 Å². The Morgan fingerprint density at radius 3 is 2.84 bits per heavy atom. The Hall–Kier alpha value is -2.69. The molecule has 0 atom stereocenters. The maximum absolute atomic E-state index is 11.5. The van der Waals surface area contributed by atoms with Crippen molar-refractivity contribution in [3.8, 4) is 5.69 Å². The fourth-order valence-corrected chi connectivity index (χ4v) is 2.18. The molecule has 0 aliphatic heterocycles. The van der Waals surface area contributed by atoms with Crippen LogP contribution in [-0.4, -0.2) is 25.6 Å². The van der Waals surface area contributed by atoms with Crippen LogP contribution in [-0.2, 0) is 0 Å². The maximum Gasteiger partial charge on any atom is 0.355 e. The quantitative estimate of drug-likeness (QED) is 0.761. The molecular weight excluding hydrogens is 242 g/mol. The summed E-state index contributed by atoms with van der Waals surface area (Å²) in [4.78, 5) is 19.5. The van der Waals surface area contributed by atoms with Gasteiger partial charge in [0.05, 0.1) is 0 Å². The summed E-state index contributed by atoms with van der Waals surface area (Å²) in [7, 11) is 0. The van der Waals surface area contributed by atoms with E-state index >= 15 is 0 Å². The Morgan fingerprint density at radius 1 is 1.32 bits per heavy atom. The lowest BCUT2D eigenvalue weighted by Gasteiger charge is -2.09. The Bertz CT molecular complexity index is 777. The summed E-state index contributed by atoms with van der Waals surface area (Å²) in [5, 5.41) is 10.1. The van der Waals surface area contributed by atoms with Gasteiger partial charge in [0.1, 0.15) is 11.8 Å². The molecule has 2 heterocycles. The summed E-state index contributed by atoms with van der Waals surface area (Å²) < 4.78 is 1.65. The van der Waals surface area contributed by atoms with Crippen molar-refractivity contribution in [2.24, 2.45) is 0 Å². The van der Waals surface area contributed by atoms with Gasteiger partial charge in [0.15, 0.2) is 5.69 Å². The topological polar surface area (TPSA) is 68.0 Å². The van der Waals surface area contributed by atoms with E-state index in [1.807, 2.05) is 31.2 Å². The molecule has 0 spiro atoms. The second-order valence-corrected chi connectivity index (χ2v) is 4.27. The van der Waals surface area contributed by atoms with Gasteiger partial charge in [-0.15, -0.1) is 0 Å². The van der Waals surface area contributed by atoms with E-state index in [0.29, 0.717) is 10.9 Å². The molecule has 0 aliphatic carbocycles. The lowest BCUT2D eigenvalue weighted by Crippen LogP contribution is -2.07. The van der Waals surface area contributed by atoms with Crippen molar-refractivity contribution < 1.29 is 9.90 Å². The second kappa shape index (κ2) is 4.20. The van der Waals surface area contributed by atoms with E-state index in [9.17, 15) is 9.90 Å². The van der Waals surface area contributed by atoms with Crippen LogP contribution < -0.4 is 0 Å². The number of para-hydroxylation sites is 1. The van der Waals surface area contributed by atoms with Gasteiger partial charge in [0, 0.05) is 23.5 Å². The lowest BCUT2D eigenvalue weighted by atomic mass is 10.2. The number of benzene rings is 1. The number of aromatic nitrogens is 3. The van der Waals surface area contributed by atoms with E-state index in [2.05, 4.69) is 9.97 Å². The highest BCUT2D eigenvalue weighted by molar-refractivity contribution is 6.01. The average Bonchev–Trinajstić information content (AvgIpc) is 2.78. The molecule has 2 aromatic heterocycles. The van der Waals surface area contributed by atoms with E-state index in [0.717, 1.165) is 11.3 Å². The van der Waals surface area contributed by atoms with Crippen molar-refractivity contribution in [3.63, 3.8) is 0 Å². The first-order valence-corrected chi connectivity index (χ1v) is 5.79. The van der Waals surface area contributed by atoms with Crippen LogP contribution in [0.3, 0.4) is 0 Å². The molecule has 0 amide bonds. The molecule has 5 heteroatoms. The molecule has 3 rings (SSSR count). The van der Waals surface area contributed by atoms with Crippen molar-refractivity contribution in [2.75, 3.05) is 0 Å². The van der Waals surface area contributed by atoms with Gasteiger partial charge in [0.25, 0.3) is 0 Å². The standard InChI is InChI=1S/C14H11N3O2/c1-9-4-2-3-5-11(9)17-7-10-6-15-8-16-12(10)13(17)14(18)19/h2-8H,1H3,(H,18,19). The Balaban J connectivity index is 2.38. The number of aryl methyl sites for hydroxylation is 1. The summed E-state index contributed by atoms with van der Waals surface area (Å²) in [6.07, 6.45) is 4.72. The van der Waals surface area contributed by atoms with Gasteiger partial charge in [0.2, 0.25) is 0 Å². The first kappa shape index (κ1) is 11.4. The van der Waals surface area contributed by atoms with Crippen LogP contribution >= 0.6 is 0 Å². The molecule has 0 saturated heterocycles. The largest absolute Gasteiger partial charge is 0.476 e. The highest BCUT2D eigenvalue weighted by atomic mass is 16.4. The lowest BCUT2D eigenvalue weighted by molar-refractivity contribution is 0.0690. The number of nitrogens with zero attached hydrogens (tertiary/aromatic N) is 3. The summed E-state index contributed by atoms with van der Waals surface area (Å²) >= 11 is 0. The third-order valence-corrected chi connectivity index (χ3v) is 3.05. The van der Waals surface area contributed by atoms with Gasteiger partial charge in [-0.05, 0) is 18.6 Å². The number of carboxylic acids is 1. The van der Waals surface area contributed by atoms with Crippen molar-refractivity contribution in [1.29, 1.82) is 0 Å². The molecule has 19 heavy (non-hydrogen) atoms. The highest BCUT2D eigenvalue weighted by Crippen LogP contribution is 2.24. The Kier molecular flexibility index (Phi) is 2.52. The van der Waals surface area contributed by atoms with E-state index in [1.165, 1.54) is 6.33 Å². The van der Waals surface area contributed by atoms with Gasteiger partial charge in [-0.3, -0.25) is 0 Å². The zero-order chi connectivity index (χ0) is 13.4. The summed E-state index contributed by atoms with van der Waals surface area (Å²) in [6, 6.07) is 7.62. The van der Waals surface area contributed by atoms with Crippen molar-refractivity contribution in [2.45, 2.75) is 6.92 Å². The molecule has 1 aromatic carbocycles. The molecule has 0 unspecified atom stereocenters. The number of rotatable bonds is 2. The van der Waals surface area contributed by atoms with Crippen molar-refractivity contribution in [1.82, 2.24) is 14.5 Å². The van der Waals surface area contributed by atoms with Crippen LogP contribution in [0.2, 0.25) is 0 Å². The van der Waals surface area contributed by atoms with Gasteiger partial charge in [-0.2, -0.15) is 0 Å². The minimum atomic E-state index is -1.00. The minimum absolute atomic E-state index is 0.159. The zero-order valence-electron chi connectivity index (χ0n) is 10.2. The highest BCUT2D eigenvalue weighted by Gasteiger charge is 2.18. The average molecular weight is 253 g/mol. The molecular formula is C14H11N3O2. The number of carbonyl (C=O) groups is 1. The molecule has 0 fully saturated rings. The van der Waals surface area contributed by atoms with E-state index < -0.39 is 5.97 Å². The minimum Gasteiger partial charge on any atom is -0.476 e. The summed E-state index contributed by atoms with van der Waals surface area (Å²) in [5.74, 6) is -1.00. The fraction of sp³-hybridized carbons (Fsp3) is 0.0714. The van der Waals surface area contributed by atoms with E-state index in [1.54, 1.807) is 17.0 Å². The number of carboxylic acid groups (broad SMARTS) is 1. The van der Waals surface area contributed by atoms with Crippen LogP contribution in [0.5, 0.6) is 0 Å². The first-order chi connectivity index (χ1) is 9.18. The number of aromatic carboxylic acids is 1. The molecule has 0 radical (unpaired) electrons. The Labute approximate surface area is 109 Å². The third-order valence-electron chi connectivity index (χ3n) is 3.05. The summed E-state index contributed by atoms with van der Waals surface area (Å²) in [6.45, 7) is 1.94. The molecule has 0 saturated carbocycles. The maximum atomic E-state index is 11.5. The van der Waals surface area contributed by atoms with Gasteiger partial charge in [-0.25, -0.2) is 14.8 Å². The summed E-state index contributed by atoms with van der Waals surface area (Å²) in [5.41, 5.74) is 2.44. The van der Waals surface area contributed by atoms with Crippen LogP contribution in [0.4, 0.5) is 0 Å². The van der Waals surface area contributed by atoms with Crippen LogP contribution in [0.25, 0.3) is 16.6 Å². The monoisotopic (exact) mass is 253 g/mol. The zero-order valence-corrected chi connectivity index (χ0v) is 10.2. The van der Waals surface area contributed by atoms with E-state index in [-0.39, 0.29) is 5.69 Å². The molecule has 3 aromatic rings. The van der Waals surface area contributed by atoms with Gasteiger partial charge in [-0.1, -0.05) is 18.2 Å². The van der Waals surface area contributed by atoms with Crippen LogP contribution in [0.15, 0.2) is 43.0 Å².